The Bertz CT molecular complexity index is 1550. The van der Waals surface area contributed by atoms with Gasteiger partial charge in [-0.2, -0.15) is 15.3 Å². The highest BCUT2D eigenvalue weighted by Crippen LogP contribution is 2.34. The second-order valence-corrected chi connectivity index (χ2v) is 9.94. The van der Waals surface area contributed by atoms with Gasteiger partial charge in [-0.3, -0.25) is 5.10 Å². The summed E-state index contributed by atoms with van der Waals surface area (Å²) in [6.45, 7) is 3.42. The van der Waals surface area contributed by atoms with Gasteiger partial charge in [0.2, 0.25) is 5.95 Å². The van der Waals surface area contributed by atoms with Crippen LogP contribution in [0.15, 0.2) is 48.5 Å². The first-order valence-corrected chi connectivity index (χ1v) is 12.0. The SMILES string of the molecule is Cc1nc2ccc(-c3n[nH]c4nc(N5CCC(N)(c6ccccc6)CC5)nc(C#N)c34)cc2s1. The van der Waals surface area contributed by atoms with Gasteiger partial charge in [0.1, 0.15) is 11.8 Å². The molecule has 0 spiro atoms. The average molecular weight is 467 g/mol. The summed E-state index contributed by atoms with van der Waals surface area (Å²) in [6.07, 6.45) is 1.56. The van der Waals surface area contributed by atoms with Crippen LogP contribution in [-0.2, 0) is 5.54 Å². The average Bonchev–Trinajstić information content (AvgIpc) is 3.46. The fraction of sp³-hybridized carbons (Fsp3) is 0.240. The van der Waals surface area contributed by atoms with Gasteiger partial charge in [-0.1, -0.05) is 36.4 Å². The molecule has 9 heteroatoms. The van der Waals surface area contributed by atoms with Crippen molar-refractivity contribution in [3.8, 4) is 17.3 Å². The van der Waals surface area contributed by atoms with E-state index < -0.39 is 0 Å². The lowest BCUT2D eigenvalue weighted by molar-refractivity contribution is 0.340. The monoisotopic (exact) mass is 466 g/mol. The van der Waals surface area contributed by atoms with Crippen molar-refractivity contribution in [1.82, 2.24) is 25.1 Å². The van der Waals surface area contributed by atoms with Gasteiger partial charge < -0.3 is 10.6 Å². The first-order chi connectivity index (χ1) is 16.5. The van der Waals surface area contributed by atoms with Gasteiger partial charge in [-0.15, -0.1) is 11.3 Å². The number of benzene rings is 2. The zero-order chi connectivity index (χ0) is 23.3. The number of aryl methyl sites for hydroxylation is 1. The van der Waals surface area contributed by atoms with E-state index in [2.05, 4.69) is 49.3 Å². The molecule has 2 aromatic carbocycles. The third-order valence-corrected chi connectivity index (χ3v) is 7.50. The van der Waals surface area contributed by atoms with Crippen LogP contribution in [-0.4, -0.2) is 38.2 Å². The number of piperidine rings is 1. The molecule has 0 aliphatic carbocycles. The molecule has 34 heavy (non-hydrogen) atoms. The number of nitrogens with two attached hydrogens (primary N) is 1. The topological polar surface area (TPSA) is 120 Å². The number of H-pyrrole nitrogens is 1. The fourth-order valence-corrected chi connectivity index (χ4v) is 5.57. The zero-order valence-electron chi connectivity index (χ0n) is 18.6. The van der Waals surface area contributed by atoms with E-state index in [-0.39, 0.29) is 5.54 Å². The molecule has 0 saturated carbocycles. The van der Waals surface area contributed by atoms with Crippen molar-refractivity contribution in [2.75, 3.05) is 18.0 Å². The Morgan fingerprint density at radius 1 is 1.09 bits per heavy atom. The molecule has 3 N–H and O–H groups in total. The first kappa shape index (κ1) is 20.7. The molecule has 1 fully saturated rings. The number of aromatic amines is 1. The molecule has 1 saturated heterocycles. The van der Waals surface area contributed by atoms with Gasteiger partial charge in [0.25, 0.3) is 0 Å². The number of nitrogens with zero attached hydrogens (tertiary/aromatic N) is 6. The number of hydrogen-bond acceptors (Lipinski definition) is 8. The minimum atomic E-state index is -0.366. The van der Waals surface area contributed by atoms with Crippen molar-refractivity contribution in [3.63, 3.8) is 0 Å². The molecule has 0 amide bonds. The van der Waals surface area contributed by atoms with Gasteiger partial charge >= 0.3 is 0 Å². The van der Waals surface area contributed by atoms with Crippen LogP contribution in [0.2, 0.25) is 0 Å². The third-order valence-electron chi connectivity index (χ3n) is 6.57. The van der Waals surface area contributed by atoms with E-state index in [4.69, 9.17) is 10.7 Å². The second kappa shape index (κ2) is 7.87. The molecular weight excluding hydrogens is 444 g/mol. The molecule has 0 radical (unpaired) electrons. The van der Waals surface area contributed by atoms with Gasteiger partial charge in [-0.25, -0.2) is 9.97 Å². The number of nitriles is 1. The predicted octanol–water partition coefficient (Wildman–Crippen LogP) is 4.26. The van der Waals surface area contributed by atoms with Crippen LogP contribution in [0, 0.1) is 18.3 Å². The predicted molar refractivity (Wildman–Crippen MR) is 134 cm³/mol. The minimum absolute atomic E-state index is 0.317. The van der Waals surface area contributed by atoms with Crippen molar-refractivity contribution in [2.24, 2.45) is 5.73 Å². The zero-order valence-corrected chi connectivity index (χ0v) is 19.4. The van der Waals surface area contributed by atoms with Gasteiger partial charge in [-0.05, 0) is 37.5 Å². The molecule has 168 valence electrons. The van der Waals surface area contributed by atoms with E-state index in [9.17, 15) is 5.26 Å². The Morgan fingerprint density at radius 3 is 2.65 bits per heavy atom. The summed E-state index contributed by atoms with van der Waals surface area (Å²) in [5.74, 6) is 0.530. The molecular formula is C25H22N8S. The van der Waals surface area contributed by atoms with E-state index in [1.807, 2.05) is 37.3 Å². The summed E-state index contributed by atoms with van der Waals surface area (Å²) in [5.41, 5.74) is 10.9. The number of anilines is 1. The highest BCUT2D eigenvalue weighted by molar-refractivity contribution is 7.18. The van der Waals surface area contributed by atoms with Gasteiger partial charge in [0, 0.05) is 24.2 Å². The highest BCUT2D eigenvalue weighted by Gasteiger charge is 2.33. The van der Waals surface area contributed by atoms with E-state index >= 15 is 0 Å². The van der Waals surface area contributed by atoms with E-state index in [0.717, 1.165) is 39.2 Å². The largest absolute Gasteiger partial charge is 0.341 e. The Balaban J connectivity index is 1.33. The van der Waals surface area contributed by atoms with Crippen LogP contribution < -0.4 is 10.6 Å². The van der Waals surface area contributed by atoms with Gasteiger partial charge in [0.15, 0.2) is 11.3 Å². The van der Waals surface area contributed by atoms with Crippen LogP contribution >= 0.6 is 11.3 Å². The highest BCUT2D eigenvalue weighted by atomic mass is 32.1. The molecule has 0 bridgehead atoms. The second-order valence-electron chi connectivity index (χ2n) is 8.70. The van der Waals surface area contributed by atoms with E-state index in [1.54, 1.807) is 11.3 Å². The van der Waals surface area contributed by atoms with Crippen molar-refractivity contribution >= 4 is 38.5 Å². The number of fused-ring (bicyclic) bond motifs is 2. The smallest absolute Gasteiger partial charge is 0.228 e. The molecule has 1 aliphatic rings. The Morgan fingerprint density at radius 2 is 1.88 bits per heavy atom. The lowest BCUT2D eigenvalue weighted by Gasteiger charge is -2.39. The molecule has 4 heterocycles. The maximum Gasteiger partial charge on any atom is 0.228 e. The van der Waals surface area contributed by atoms with E-state index in [1.165, 1.54) is 0 Å². The minimum Gasteiger partial charge on any atom is -0.341 e. The normalized spacial score (nSPS) is 15.6. The number of aromatic nitrogens is 5. The summed E-state index contributed by atoms with van der Waals surface area (Å²) in [5, 5.41) is 19.1. The lowest BCUT2D eigenvalue weighted by atomic mass is 9.82. The molecule has 1 aliphatic heterocycles. The molecule has 3 aromatic heterocycles. The van der Waals surface area contributed by atoms with Crippen molar-refractivity contribution in [3.05, 3.63) is 64.8 Å². The van der Waals surface area contributed by atoms with Crippen LogP contribution in [0.1, 0.15) is 29.1 Å². The summed E-state index contributed by atoms with van der Waals surface area (Å²) in [4.78, 5) is 16.0. The summed E-state index contributed by atoms with van der Waals surface area (Å²) in [6, 6.07) is 18.5. The Kier molecular flexibility index (Phi) is 4.79. The van der Waals surface area contributed by atoms with Gasteiger partial charge in [0.05, 0.1) is 20.6 Å². The maximum absolute atomic E-state index is 9.93. The maximum atomic E-state index is 9.93. The summed E-state index contributed by atoms with van der Waals surface area (Å²) >= 11 is 1.64. The Hall–Kier alpha value is -3.87. The summed E-state index contributed by atoms with van der Waals surface area (Å²) in [7, 11) is 0. The molecule has 0 unspecified atom stereocenters. The fourth-order valence-electron chi connectivity index (χ4n) is 4.70. The van der Waals surface area contributed by atoms with Crippen LogP contribution in [0.5, 0.6) is 0 Å². The molecule has 6 rings (SSSR count). The molecule has 0 atom stereocenters. The third kappa shape index (κ3) is 3.39. The number of hydrogen-bond donors (Lipinski definition) is 2. The molecule has 8 nitrogen and oxygen atoms in total. The van der Waals surface area contributed by atoms with Crippen molar-refractivity contribution in [2.45, 2.75) is 25.3 Å². The standard InChI is InChI=1S/C25H22N8S/c1-15-28-18-8-7-16(13-20(18)34-15)22-21-19(14-26)29-24(30-23(21)32-31-22)33-11-9-25(27,10-12-33)17-5-3-2-4-6-17/h2-8,13H,9-12,27H2,1H3,(H,29,30,31,32). The summed E-state index contributed by atoms with van der Waals surface area (Å²) < 4.78 is 1.08. The van der Waals surface area contributed by atoms with Crippen LogP contribution in [0.4, 0.5) is 5.95 Å². The van der Waals surface area contributed by atoms with E-state index in [0.29, 0.717) is 41.5 Å². The quantitative estimate of drug-likeness (QED) is 0.407. The number of nitrogens with one attached hydrogen (secondary N) is 1. The number of thiazole rings is 1. The van der Waals surface area contributed by atoms with Crippen LogP contribution in [0.3, 0.4) is 0 Å². The first-order valence-electron chi connectivity index (χ1n) is 11.2. The van der Waals surface area contributed by atoms with Crippen LogP contribution in [0.25, 0.3) is 32.5 Å². The van der Waals surface area contributed by atoms with Crippen molar-refractivity contribution < 1.29 is 0 Å². The number of rotatable bonds is 3. The lowest BCUT2D eigenvalue weighted by Crippen LogP contribution is -2.48. The molecule has 5 aromatic rings. The Labute approximate surface area is 200 Å². The van der Waals surface area contributed by atoms with Crippen molar-refractivity contribution in [1.29, 1.82) is 5.26 Å².